The van der Waals surface area contributed by atoms with E-state index in [0.717, 1.165) is 25.9 Å². The zero-order valence-corrected chi connectivity index (χ0v) is 9.62. The number of hydrogen-bond donors (Lipinski definition) is 2. The van der Waals surface area contributed by atoms with Crippen molar-refractivity contribution in [2.45, 2.75) is 37.8 Å². The monoisotopic (exact) mass is 222 g/mol. The number of hydrogen-bond acceptors (Lipinski definition) is 3. The summed E-state index contributed by atoms with van der Waals surface area (Å²) in [5.41, 5.74) is -0.331. The number of carbonyl (C=O) groups excluding carboxylic acids is 1. The maximum atomic E-state index is 11.8. The van der Waals surface area contributed by atoms with E-state index < -0.39 is 0 Å². The summed E-state index contributed by atoms with van der Waals surface area (Å²) in [4.78, 5) is 16.1. The standard InChI is InChI=1S/C11H18N4O/c1-2-15-10(16)13-9(12)11(15)5-7-14-6-3-4-8(11)14/h8H,2-7H2,1H3,(H2,12,13,16). The van der Waals surface area contributed by atoms with Gasteiger partial charge in [0.05, 0.1) is 0 Å². The van der Waals surface area contributed by atoms with Gasteiger partial charge in [-0.3, -0.25) is 15.6 Å². The van der Waals surface area contributed by atoms with E-state index in [-0.39, 0.29) is 11.6 Å². The molecule has 0 aromatic rings. The Balaban J connectivity index is 2.02. The second kappa shape index (κ2) is 3.20. The summed E-state index contributed by atoms with van der Waals surface area (Å²) in [6, 6.07) is 0.292. The molecule has 5 heteroatoms. The number of urea groups is 1. The van der Waals surface area contributed by atoms with Crippen molar-refractivity contribution in [2.75, 3.05) is 19.6 Å². The molecule has 3 fully saturated rings. The lowest BCUT2D eigenvalue weighted by molar-refractivity contribution is 0.153. The number of amidine groups is 1. The normalized spacial score (nSPS) is 38.6. The molecule has 16 heavy (non-hydrogen) atoms. The second-order valence-electron chi connectivity index (χ2n) is 4.92. The van der Waals surface area contributed by atoms with Gasteiger partial charge >= 0.3 is 6.03 Å². The van der Waals surface area contributed by atoms with E-state index in [1.807, 2.05) is 11.8 Å². The van der Waals surface area contributed by atoms with Crippen LogP contribution in [0.5, 0.6) is 0 Å². The summed E-state index contributed by atoms with van der Waals surface area (Å²) >= 11 is 0. The fourth-order valence-corrected chi connectivity index (χ4v) is 3.75. The Kier molecular flexibility index (Phi) is 2.01. The molecule has 3 aliphatic rings. The van der Waals surface area contributed by atoms with Crippen LogP contribution in [-0.4, -0.2) is 52.9 Å². The lowest BCUT2D eigenvalue weighted by Gasteiger charge is -2.37. The molecule has 0 aromatic heterocycles. The molecule has 3 rings (SSSR count). The highest BCUT2D eigenvalue weighted by Crippen LogP contribution is 2.42. The van der Waals surface area contributed by atoms with Gasteiger partial charge in [0.25, 0.3) is 0 Å². The quantitative estimate of drug-likeness (QED) is 0.683. The molecule has 2 amide bonds. The molecule has 0 aromatic carbocycles. The van der Waals surface area contributed by atoms with Crippen molar-refractivity contribution in [1.29, 1.82) is 5.41 Å². The molecular weight excluding hydrogens is 204 g/mol. The minimum Gasteiger partial charge on any atom is -0.310 e. The van der Waals surface area contributed by atoms with Crippen molar-refractivity contribution in [3.05, 3.63) is 0 Å². The molecule has 3 heterocycles. The number of rotatable bonds is 1. The molecular formula is C11H18N4O. The molecule has 88 valence electrons. The highest BCUT2D eigenvalue weighted by Gasteiger charge is 2.60. The summed E-state index contributed by atoms with van der Waals surface area (Å²) in [6.45, 7) is 4.85. The number of fused-ring (bicyclic) bond motifs is 2. The molecule has 0 saturated carbocycles. The molecule has 0 bridgehead atoms. The van der Waals surface area contributed by atoms with Crippen LogP contribution >= 0.6 is 0 Å². The highest BCUT2D eigenvalue weighted by molar-refractivity contribution is 6.09. The van der Waals surface area contributed by atoms with Crippen LogP contribution in [0.3, 0.4) is 0 Å². The van der Waals surface area contributed by atoms with Gasteiger partial charge in [0.2, 0.25) is 0 Å². The first kappa shape index (κ1) is 10.1. The van der Waals surface area contributed by atoms with Crippen molar-refractivity contribution in [2.24, 2.45) is 0 Å². The predicted molar refractivity (Wildman–Crippen MR) is 60.6 cm³/mol. The lowest BCUT2D eigenvalue weighted by Crippen LogP contribution is -2.56. The van der Waals surface area contributed by atoms with E-state index in [4.69, 9.17) is 5.41 Å². The summed E-state index contributed by atoms with van der Waals surface area (Å²) in [5, 5.41) is 10.8. The zero-order chi connectivity index (χ0) is 11.3. The van der Waals surface area contributed by atoms with E-state index in [0.29, 0.717) is 18.4 Å². The Morgan fingerprint density at radius 1 is 1.56 bits per heavy atom. The SMILES string of the molecule is CCN1C(=O)NC(=N)C12CCN1CCCC12. The first-order chi connectivity index (χ1) is 7.70. The van der Waals surface area contributed by atoms with Gasteiger partial charge in [-0.15, -0.1) is 0 Å². The Hall–Kier alpha value is -1.10. The van der Waals surface area contributed by atoms with E-state index in [1.165, 1.54) is 6.42 Å². The van der Waals surface area contributed by atoms with Crippen LogP contribution in [0.2, 0.25) is 0 Å². The molecule has 2 atom stereocenters. The first-order valence-corrected chi connectivity index (χ1v) is 6.12. The maximum absolute atomic E-state index is 11.8. The van der Waals surface area contributed by atoms with E-state index >= 15 is 0 Å². The third-order valence-electron chi connectivity index (χ3n) is 4.40. The van der Waals surface area contributed by atoms with Crippen molar-refractivity contribution in [3.8, 4) is 0 Å². The number of likely N-dealkylation sites (N-methyl/N-ethyl adjacent to an activating group) is 1. The first-order valence-electron chi connectivity index (χ1n) is 6.12. The maximum Gasteiger partial charge on any atom is 0.323 e. The minimum atomic E-state index is -0.331. The predicted octanol–water partition coefficient (Wildman–Crippen LogP) is 0.616. The van der Waals surface area contributed by atoms with Crippen molar-refractivity contribution in [3.63, 3.8) is 0 Å². The van der Waals surface area contributed by atoms with Crippen LogP contribution in [0.1, 0.15) is 26.2 Å². The summed E-state index contributed by atoms with van der Waals surface area (Å²) in [6.07, 6.45) is 3.24. The number of carbonyl (C=O) groups is 1. The van der Waals surface area contributed by atoms with Gasteiger partial charge in [0, 0.05) is 19.1 Å². The van der Waals surface area contributed by atoms with Gasteiger partial charge in [-0.05, 0) is 32.7 Å². The number of amides is 2. The van der Waals surface area contributed by atoms with E-state index in [2.05, 4.69) is 10.2 Å². The van der Waals surface area contributed by atoms with E-state index in [9.17, 15) is 4.79 Å². The Bertz CT molecular complexity index is 356. The molecule has 2 N–H and O–H groups in total. The highest BCUT2D eigenvalue weighted by atomic mass is 16.2. The van der Waals surface area contributed by atoms with Gasteiger partial charge in [-0.1, -0.05) is 0 Å². The van der Waals surface area contributed by atoms with Gasteiger partial charge in [0.15, 0.2) is 0 Å². The van der Waals surface area contributed by atoms with Gasteiger partial charge in [0.1, 0.15) is 11.4 Å². The summed E-state index contributed by atoms with van der Waals surface area (Å²) in [5.74, 6) is 0.425. The van der Waals surface area contributed by atoms with Crippen LogP contribution in [0, 0.1) is 5.41 Å². The minimum absolute atomic E-state index is 0.0822. The lowest BCUT2D eigenvalue weighted by atomic mass is 9.87. The van der Waals surface area contributed by atoms with Crippen molar-refractivity contribution >= 4 is 11.9 Å². The zero-order valence-electron chi connectivity index (χ0n) is 9.62. The van der Waals surface area contributed by atoms with Gasteiger partial charge in [-0.2, -0.15) is 0 Å². The van der Waals surface area contributed by atoms with Crippen LogP contribution in [0.15, 0.2) is 0 Å². The number of nitrogens with one attached hydrogen (secondary N) is 2. The van der Waals surface area contributed by atoms with E-state index in [1.54, 1.807) is 0 Å². The summed E-state index contributed by atoms with van der Waals surface area (Å²) in [7, 11) is 0. The van der Waals surface area contributed by atoms with Crippen LogP contribution in [-0.2, 0) is 0 Å². The molecule has 0 aliphatic carbocycles. The van der Waals surface area contributed by atoms with Crippen LogP contribution < -0.4 is 5.32 Å². The fraction of sp³-hybridized carbons (Fsp3) is 0.818. The second-order valence-corrected chi connectivity index (χ2v) is 4.92. The molecule has 0 radical (unpaired) electrons. The largest absolute Gasteiger partial charge is 0.323 e. The smallest absolute Gasteiger partial charge is 0.310 e. The van der Waals surface area contributed by atoms with Crippen LogP contribution in [0.25, 0.3) is 0 Å². The van der Waals surface area contributed by atoms with Gasteiger partial charge in [-0.25, -0.2) is 4.79 Å². The van der Waals surface area contributed by atoms with Gasteiger partial charge < -0.3 is 4.90 Å². The Labute approximate surface area is 95.3 Å². The van der Waals surface area contributed by atoms with Crippen LogP contribution in [0.4, 0.5) is 4.79 Å². The number of nitrogens with zero attached hydrogens (tertiary/aromatic N) is 2. The van der Waals surface area contributed by atoms with Crippen molar-refractivity contribution < 1.29 is 4.79 Å². The molecule has 1 spiro atoms. The summed E-state index contributed by atoms with van der Waals surface area (Å²) < 4.78 is 0. The molecule has 3 aliphatic heterocycles. The molecule has 5 nitrogen and oxygen atoms in total. The third-order valence-corrected chi connectivity index (χ3v) is 4.40. The molecule has 2 unspecified atom stereocenters. The molecule has 3 saturated heterocycles. The third kappa shape index (κ3) is 0.993. The fourth-order valence-electron chi connectivity index (χ4n) is 3.75. The average molecular weight is 222 g/mol. The topological polar surface area (TPSA) is 59.4 Å². The average Bonchev–Trinajstić information content (AvgIpc) is 2.86. The Morgan fingerprint density at radius 3 is 3.12 bits per heavy atom. The Morgan fingerprint density at radius 2 is 2.38 bits per heavy atom. The van der Waals surface area contributed by atoms with Crippen molar-refractivity contribution in [1.82, 2.24) is 15.1 Å².